The van der Waals surface area contributed by atoms with Crippen molar-refractivity contribution in [3.63, 3.8) is 0 Å². The van der Waals surface area contributed by atoms with Crippen molar-refractivity contribution in [2.75, 3.05) is 7.05 Å². The van der Waals surface area contributed by atoms with E-state index in [0.29, 0.717) is 23.6 Å². The van der Waals surface area contributed by atoms with Gasteiger partial charge in [0, 0.05) is 31.7 Å². The summed E-state index contributed by atoms with van der Waals surface area (Å²) >= 11 is 0. The zero-order chi connectivity index (χ0) is 20.4. The molecular weight excluding hydrogens is 368 g/mol. The van der Waals surface area contributed by atoms with Crippen LogP contribution in [0.25, 0.3) is 22.6 Å². The summed E-state index contributed by atoms with van der Waals surface area (Å²) < 4.78 is 5.75. The maximum Gasteiger partial charge on any atom is 0.272 e. The van der Waals surface area contributed by atoms with Crippen molar-refractivity contribution >= 4 is 22.9 Å². The Morgan fingerprint density at radius 1 is 1.21 bits per heavy atom. The molecule has 2 unspecified atom stereocenters. The predicted octanol–water partition coefficient (Wildman–Crippen LogP) is 3.41. The normalized spacial score (nSPS) is 18.7. The molecule has 7 heteroatoms. The minimum absolute atomic E-state index is 0.0566. The number of para-hydroxylation sites is 2. The second-order valence-electron chi connectivity index (χ2n) is 7.42. The minimum Gasteiger partial charge on any atom is -0.436 e. The number of oxazole rings is 1. The van der Waals surface area contributed by atoms with E-state index in [4.69, 9.17) is 4.42 Å². The molecule has 2 amide bonds. The van der Waals surface area contributed by atoms with E-state index in [1.807, 2.05) is 31.2 Å². The lowest BCUT2D eigenvalue weighted by molar-refractivity contribution is -0.121. The van der Waals surface area contributed by atoms with Gasteiger partial charge in [0.1, 0.15) is 11.2 Å². The molecule has 0 aliphatic heterocycles. The summed E-state index contributed by atoms with van der Waals surface area (Å²) in [5.41, 5.74) is 2.61. The second kappa shape index (κ2) is 8.03. The summed E-state index contributed by atoms with van der Waals surface area (Å²) in [4.78, 5) is 35.0. The van der Waals surface area contributed by atoms with Crippen LogP contribution in [-0.2, 0) is 4.79 Å². The van der Waals surface area contributed by atoms with Crippen LogP contribution in [0.5, 0.6) is 0 Å². The van der Waals surface area contributed by atoms with E-state index in [9.17, 15) is 9.59 Å². The zero-order valence-electron chi connectivity index (χ0n) is 16.6. The lowest BCUT2D eigenvalue weighted by atomic mass is 10.2. The van der Waals surface area contributed by atoms with Crippen molar-refractivity contribution in [2.45, 2.75) is 44.7 Å². The monoisotopic (exact) mass is 392 g/mol. The Bertz CT molecular complexity index is 995. The molecule has 4 rings (SSSR count). The number of rotatable bonds is 5. The van der Waals surface area contributed by atoms with Crippen LogP contribution < -0.4 is 5.32 Å². The molecule has 1 fully saturated rings. The number of nitrogens with one attached hydrogen (secondary N) is 1. The molecule has 2 aromatic heterocycles. The highest BCUT2D eigenvalue weighted by molar-refractivity contribution is 5.92. The molecule has 1 aromatic carbocycles. The average molecular weight is 392 g/mol. The summed E-state index contributed by atoms with van der Waals surface area (Å²) in [6.07, 6.45) is 4.63. The third-order valence-corrected chi connectivity index (χ3v) is 5.48. The van der Waals surface area contributed by atoms with Crippen molar-refractivity contribution in [2.24, 2.45) is 0 Å². The molecule has 3 aromatic rings. The number of amides is 2. The van der Waals surface area contributed by atoms with E-state index in [1.54, 1.807) is 30.3 Å². The number of hydrogen-bond acceptors (Lipinski definition) is 5. The highest BCUT2D eigenvalue weighted by atomic mass is 16.3. The maximum atomic E-state index is 12.8. The number of benzene rings is 1. The minimum atomic E-state index is -0.124. The Morgan fingerprint density at radius 3 is 2.76 bits per heavy atom. The van der Waals surface area contributed by atoms with Crippen molar-refractivity contribution in [1.82, 2.24) is 20.2 Å². The molecule has 1 aliphatic carbocycles. The molecule has 2 atom stereocenters. The standard InChI is InChI=1S/C22H24N4O3/c1-3-20(27)24-15-9-10-16(12-15)26(2)22(28)18-11-8-14(13-23-18)21-25-17-6-4-5-7-19(17)29-21/h4-8,11,13,15-16H,3,9-10,12H2,1-2H3,(H,24,27). The first-order valence-electron chi connectivity index (χ1n) is 9.93. The number of pyridine rings is 1. The van der Waals surface area contributed by atoms with Crippen LogP contribution in [-0.4, -0.2) is 45.8 Å². The van der Waals surface area contributed by atoms with Crippen LogP contribution >= 0.6 is 0 Å². The van der Waals surface area contributed by atoms with Gasteiger partial charge in [0.2, 0.25) is 11.8 Å². The SMILES string of the molecule is CCC(=O)NC1CCC(N(C)C(=O)c2ccc(-c3nc4ccccc4o3)cn2)C1. The number of fused-ring (bicyclic) bond motifs is 1. The average Bonchev–Trinajstić information content (AvgIpc) is 3.39. The van der Waals surface area contributed by atoms with E-state index in [0.717, 1.165) is 30.3 Å². The summed E-state index contributed by atoms with van der Waals surface area (Å²) in [5, 5.41) is 3.02. The first kappa shape index (κ1) is 19.1. The number of carbonyl (C=O) groups excluding carboxylic acids is 2. The highest BCUT2D eigenvalue weighted by Crippen LogP contribution is 2.26. The van der Waals surface area contributed by atoms with Gasteiger partial charge in [0.05, 0.1) is 5.56 Å². The molecule has 0 bridgehead atoms. The summed E-state index contributed by atoms with van der Waals surface area (Å²) in [6.45, 7) is 1.84. The fraction of sp³-hybridized carbons (Fsp3) is 0.364. The van der Waals surface area contributed by atoms with Gasteiger partial charge in [-0.3, -0.25) is 14.6 Å². The van der Waals surface area contributed by atoms with E-state index in [2.05, 4.69) is 15.3 Å². The van der Waals surface area contributed by atoms with Gasteiger partial charge in [-0.25, -0.2) is 4.98 Å². The van der Waals surface area contributed by atoms with Crippen LogP contribution in [0.4, 0.5) is 0 Å². The quantitative estimate of drug-likeness (QED) is 0.719. The summed E-state index contributed by atoms with van der Waals surface area (Å²) in [7, 11) is 1.80. The molecule has 7 nitrogen and oxygen atoms in total. The fourth-order valence-corrected chi connectivity index (χ4v) is 3.76. The third kappa shape index (κ3) is 3.99. The highest BCUT2D eigenvalue weighted by Gasteiger charge is 2.31. The van der Waals surface area contributed by atoms with Gasteiger partial charge in [-0.05, 0) is 43.5 Å². The molecule has 0 spiro atoms. The molecule has 1 saturated carbocycles. The third-order valence-electron chi connectivity index (χ3n) is 5.48. The van der Waals surface area contributed by atoms with Crippen molar-refractivity contribution in [3.05, 3.63) is 48.3 Å². The second-order valence-corrected chi connectivity index (χ2v) is 7.42. The Morgan fingerprint density at radius 2 is 2.03 bits per heavy atom. The van der Waals surface area contributed by atoms with Gasteiger partial charge in [-0.15, -0.1) is 0 Å². The zero-order valence-corrected chi connectivity index (χ0v) is 16.6. The first-order valence-corrected chi connectivity index (χ1v) is 9.93. The number of aromatic nitrogens is 2. The Labute approximate surface area is 169 Å². The van der Waals surface area contributed by atoms with Gasteiger partial charge >= 0.3 is 0 Å². The van der Waals surface area contributed by atoms with E-state index in [-0.39, 0.29) is 23.9 Å². The Kier molecular flexibility index (Phi) is 5.29. The molecule has 150 valence electrons. The van der Waals surface area contributed by atoms with Gasteiger partial charge in [0.25, 0.3) is 5.91 Å². The van der Waals surface area contributed by atoms with Gasteiger partial charge in [0.15, 0.2) is 5.58 Å². The summed E-state index contributed by atoms with van der Waals surface area (Å²) in [6, 6.07) is 11.3. The predicted molar refractivity (Wildman–Crippen MR) is 109 cm³/mol. The van der Waals surface area contributed by atoms with Crippen molar-refractivity contribution in [1.29, 1.82) is 0 Å². The van der Waals surface area contributed by atoms with Crippen LogP contribution in [0.1, 0.15) is 43.1 Å². The van der Waals surface area contributed by atoms with Gasteiger partial charge in [-0.2, -0.15) is 0 Å². The van der Waals surface area contributed by atoms with Crippen LogP contribution in [0.15, 0.2) is 47.0 Å². The lowest BCUT2D eigenvalue weighted by Crippen LogP contribution is -2.38. The van der Waals surface area contributed by atoms with E-state index in [1.165, 1.54) is 0 Å². The van der Waals surface area contributed by atoms with Crippen LogP contribution in [0.3, 0.4) is 0 Å². The van der Waals surface area contributed by atoms with Gasteiger partial charge in [-0.1, -0.05) is 19.1 Å². The Balaban J connectivity index is 1.43. The fourth-order valence-electron chi connectivity index (χ4n) is 3.76. The molecule has 0 radical (unpaired) electrons. The van der Waals surface area contributed by atoms with Crippen molar-refractivity contribution < 1.29 is 14.0 Å². The molecule has 1 N–H and O–H groups in total. The molecule has 1 aliphatic rings. The molecule has 2 heterocycles. The number of hydrogen-bond donors (Lipinski definition) is 1. The topological polar surface area (TPSA) is 88.3 Å². The summed E-state index contributed by atoms with van der Waals surface area (Å²) in [5.74, 6) is 0.416. The number of nitrogens with zero attached hydrogens (tertiary/aromatic N) is 3. The maximum absolute atomic E-state index is 12.8. The van der Waals surface area contributed by atoms with E-state index >= 15 is 0 Å². The van der Waals surface area contributed by atoms with Crippen LogP contribution in [0, 0.1) is 0 Å². The Hall–Kier alpha value is -3.22. The molecular formula is C22H24N4O3. The molecule has 29 heavy (non-hydrogen) atoms. The van der Waals surface area contributed by atoms with Crippen LogP contribution in [0.2, 0.25) is 0 Å². The largest absolute Gasteiger partial charge is 0.436 e. The van der Waals surface area contributed by atoms with Crippen molar-refractivity contribution in [3.8, 4) is 11.5 Å². The lowest BCUT2D eigenvalue weighted by Gasteiger charge is -2.24. The smallest absolute Gasteiger partial charge is 0.272 e. The molecule has 0 saturated heterocycles. The number of carbonyl (C=O) groups is 2. The van der Waals surface area contributed by atoms with E-state index < -0.39 is 0 Å². The first-order chi connectivity index (χ1) is 14.0. The van der Waals surface area contributed by atoms with Gasteiger partial charge < -0.3 is 14.6 Å².